The topological polar surface area (TPSA) is 105 Å². The number of aromatic nitrogens is 2. The fourth-order valence-corrected chi connectivity index (χ4v) is 6.80. The molecule has 9 nitrogen and oxygen atoms in total. The van der Waals surface area contributed by atoms with Gasteiger partial charge in [0.2, 0.25) is 0 Å². The number of carbonyl (C=O) groups excluding carboxylic acids is 2. The zero-order valence-electron chi connectivity index (χ0n) is 28.6. The van der Waals surface area contributed by atoms with E-state index >= 15 is 0 Å². The SMILES string of the molecule is C/C(=C\C=C\C(C)c1ncccn1)[C@H]1OC(=O)C[C@H](C)CC[C@@](C)(O)[C@@H](OC(=O)N2CCN(C3CCCCCC3)CC2)/C=C/[C@@H]1C. The number of cyclic esters (lactones) is 1. The van der Waals surface area contributed by atoms with Crippen LogP contribution in [0.15, 0.2) is 54.4 Å². The third kappa shape index (κ3) is 10.5. The van der Waals surface area contributed by atoms with E-state index in [1.807, 2.05) is 52.0 Å². The van der Waals surface area contributed by atoms with Crippen LogP contribution < -0.4 is 0 Å². The standard InChI is InChI=1S/C37H56N4O5/c1-27-18-19-37(5,44)32(45-36(43)41-24-22-40(23-25-41)31-14-8-6-7-9-15-31)17-16-29(3)34(46-33(42)26-27)28(2)12-10-13-30(4)35-38-20-11-21-39-35/h10-13,16-17,20-21,27,29-32,34,44H,6-9,14-15,18-19,22-26H2,1-5H3/b13-10+,17-16+,28-12+/t27-,29+,30?,32+,34-,37-/m1/s1. The molecule has 0 radical (unpaired) electrons. The fourth-order valence-electron chi connectivity index (χ4n) is 6.80. The van der Waals surface area contributed by atoms with Gasteiger partial charge in [0.25, 0.3) is 0 Å². The van der Waals surface area contributed by atoms with E-state index in [0.717, 1.165) is 24.5 Å². The number of amides is 1. The fraction of sp³-hybridized carbons (Fsp3) is 0.676. The van der Waals surface area contributed by atoms with Gasteiger partial charge in [0.1, 0.15) is 17.5 Å². The Morgan fingerprint density at radius 1 is 1.07 bits per heavy atom. The lowest BCUT2D eigenvalue weighted by Crippen LogP contribution is -2.53. The molecule has 1 N–H and O–H groups in total. The zero-order chi connectivity index (χ0) is 33.1. The number of hydrogen-bond acceptors (Lipinski definition) is 8. The molecule has 1 unspecified atom stereocenters. The minimum atomic E-state index is -1.29. The maximum absolute atomic E-state index is 13.4. The van der Waals surface area contributed by atoms with Crippen molar-refractivity contribution in [2.45, 2.75) is 122 Å². The van der Waals surface area contributed by atoms with Crippen molar-refractivity contribution in [1.82, 2.24) is 19.8 Å². The van der Waals surface area contributed by atoms with Crippen LogP contribution in [-0.2, 0) is 14.3 Å². The average molecular weight is 637 g/mol. The first kappa shape index (κ1) is 35.8. The second kappa shape index (κ2) is 17.2. The van der Waals surface area contributed by atoms with E-state index in [1.165, 1.54) is 38.5 Å². The summed E-state index contributed by atoms with van der Waals surface area (Å²) in [6.07, 6.45) is 20.3. The van der Waals surface area contributed by atoms with E-state index in [1.54, 1.807) is 36.4 Å². The van der Waals surface area contributed by atoms with Gasteiger partial charge in [-0.1, -0.05) is 70.8 Å². The Kier molecular flexibility index (Phi) is 13.4. The molecule has 9 heteroatoms. The van der Waals surface area contributed by atoms with E-state index in [-0.39, 0.29) is 36.2 Å². The van der Waals surface area contributed by atoms with Gasteiger partial charge in [0, 0.05) is 62.9 Å². The Labute approximate surface area is 276 Å². The molecular formula is C37H56N4O5. The molecule has 2 fully saturated rings. The first-order valence-corrected chi connectivity index (χ1v) is 17.4. The molecule has 46 heavy (non-hydrogen) atoms. The van der Waals surface area contributed by atoms with Gasteiger partial charge in [0.15, 0.2) is 6.10 Å². The molecule has 1 aromatic heterocycles. The average Bonchev–Trinajstić information content (AvgIpc) is 3.34. The molecule has 1 amide bonds. The highest BCUT2D eigenvalue weighted by Gasteiger charge is 2.37. The largest absolute Gasteiger partial charge is 0.457 e. The number of aliphatic hydroxyl groups is 1. The van der Waals surface area contributed by atoms with Crippen molar-refractivity contribution in [2.75, 3.05) is 26.2 Å². The maximum atomic E-state index is 13.4. The molecule has 3 aliphatic rings. The smallest absolute Gasteiger partial charge is 0.410 e. The van der Waals surface area contributed by atoms with Crippen molar-refractivity contribution < 1.29 is 24.2 Å². The Balaban J connectivity index is 1.45. The molecule has 254 valence electrons. The van der Waals surface area contributed by atoms with Gasteiger partial charge < -0.3 is 19.5 Å². The first-order valence-electron chi connectivity index (χ1n) is 17.4. The highest BCUT2D eigenvalue weighted by Crippen LogP contribution is 2.29. The Morgan fingerprint density at radius 2 is 1.74 bits per heavy atom. The van der Waals surface area contributed by atoms with Crippen LogP contribution in [0, 0.1) is 11.8 Å². The molecule has 0 spiro atoms. The summed E-state index contributed by atoms with van der Waals surface area (Å²) >= 11 is 0. The van der Waals surface area contributed by atoms with E-state index in [0.29, 0.717) is 32.0 Å². The molecule has 4 rings (SSSR count). The molecule has 1 saturated carbocycles. The van der Waals surface area contributed by atoms with E-state index in [4.69, 9.17) is 9.47 Å². The molecule has 1 aliphatic carbocycles. The number of carbonyl (C=O) groups is 2. The summed E-state index contributed by atoms with van der Waals surface area (Å²) in [6, 6.07) is 2.41. The number of esters is 1. The molecule has 6 atom stereocenters. The number of hydrogen-bond donors (Lipinski definition) is 1. The van der Waals surface area contributed by atoms with Crippen molar-refractivity contribution in [3.8, 4) is 0 Å². The molecule has 2 aliphatic heterocycles. The predicted octanol–water partition coefficient (Wildman–Crippen LogP) is 6.60. The van der Waals surface area contributed by atoms with Crippen molar-refractivity contribution in [1.29, 1.82) is 0 Å². The summed E-state index contributed by atoms with van der Waals surface area (Å²) < 4.78 is 12.1. The highest BCUT2D eigenvalue weighted by atomic mass is 16.6. The van der Waals surface area contributed by atoms with Gasteiger partial charge >= 0.3 is 12.1 Å². The molecular weight excluding hydrogens is 580 g/mol. The van der Waals surface area contributed by atoms with Gasteiger partial charge in [-0.3, -0.25) is 9.69 Å². The van der Waals surface area contributed by atoms with Crippen LogP contribution in [0.4, 0.5) is 4.79 Å². The van der Waals surface area contributed by atoms with Crippen molar-refractivity contribution in [2.24, 2.45) is 11.8 Å². The highest BCUT2D eigenvalue weighted by molar-refractivity contribution is 5.70. The van der Waals surface area contributed by atoms with Gasteiger partial charge in [-0.05, 0) is 63.2 Å². The number of piperazine rings is 1. The lowest BCUT2D eigenvalue weighted by molar-refractivity contribution is -0.150. The Bertz CT molecular complexity index is 1200. The van der Waals surface area contributed by atoms with E-state index in [9.17, 15) is 14.7 Å². The quantitative estimate of drug-likeness (QED) is 0.161. The van der Waals surface area contributed by atoms with Gasteiger partial charge in [0.05, 0.1) is 0 Å². The third-order valence-corrected chi connectivity index (χ3v) is 9.94. The summed E-state index contributed by atoms with van der Waals surface area (Å²) in [5, 5.41) is 11.6. The minimum absolute atomic E-state index is 0.00246. The second-order valence-corrected chi connectivity index (χ2v) is 14.0. The predicted molar refractivity (Wildman–Crippen MR) is 180 cm³/mol. The first-order chi connectivity index (χ1) is 22.0. The summed E-state index contributed by atoms with van der Waals surface area (Å²) in [5.74, 6) is 0.286. The maximum Gasteiger partial charge on any atom is 0.410 e. The van der Waals surface area contributed by atoms with Gasteiger partial charge in [-0.2, -0.15) is 0 Å². The third-order valence-electron chi connectivity index (χ3n) is 9.94. The minimum Gasteiger partial charge on any atom is -0.457 e. The summed E-state index contributed by atoms with van der Waals surface area (Å²) in [7, 11) is 0. The molecule has 1 aromatic rings. The molecule has 0 bridgehead atoms. The lowest BCUT2D eigenvalue weighted by Gasteiger charge is -2.40. The number of rotatable bonds is 6. The van der Waals surface area contributed by atoms with Crippen LogP contribution in [0.25, 0.3) is 0 Å². The summed E-state index contributed by atoms with van der Waals surface area (Å²) in [4.78, 5) is 39.4. The molecule has 3 heterocycles. The van der Waals surface area contributed by atoms with Gasteiger partial charge in [-0.25, -0.2) is 14.8 Å². The van der Waals surface area contributed by atoms with Crippen LogP contribution in [0.5, 0.6) is 0 Å². The molecule has 0 aromatic carbocycles. The van der Waals surface area contributed by atoms with Gasteiger partial charge in [-0.15, -0.1) is 0 Å². The van der Waals surface area contributed by atoms with Crippen molar-refractivity contribution >= 4 is 12.1 Å². The molecule has 1 saturated heterocycles. The van der Waals surface area contributed by atoms with Crippen LogP contribution in [0.1, 0.15) is 104 Å². The lowest BCUT2D eigenvalue weighted by atomic mass is 9.87. The zero-order valence-corrected chi connectivity index (χ0v) is 28.6. The summed E-state index contributed by atoms with van der Waals surface area (Å²) in [5.41, 5.74) is -0.399. The van der Waals surface area contributed by atoms with Crippen LogP contribution >= 0.6 is 0 Å². The monoisotopic (exact) mass is 636 g/mol. The van der Waals surface area contributed by atoms with Crippen molar-refractivity contribution in [3.63, 3.8) is 0 Å². The van der Waals surface area contributed by atoms with Crippen molar-refractivity contribution in [3.05, 3.63) is 60.2 Å². The number of allylic oxidation sites excluding steroid dienone is 3. The Morgan fingerprint density at radius 3 is 2.41 bits per heavy atom. The Hall–Kier alpha value is -3.04. The van der Waals surface area contributed by atoms with E-state index in [2.05, 4.69) is 14.9 Å². The van der Waals surface area contributed by atoms with Crippen LogP contribution in [0.2, 0.25) is 0 Å². The normalized spacial score (nSPS) is 31.3. The second-order valence-electron chi connectivity index (χ2n) is 14.0. The van der Waals surface area contributed by atoms with E-state index < -0.39 is 17.8 Å². The number of ether oxygens (including phenoxy) is 2. The van der Waals surface area contributed by atoms with Crippen LogP contribution in [-0.4, -0.2) is 87.0 Å². The summed E-state index contributed by atoms with van der Waals surface area (Å²) in [6.45, 7) is 12.7. The van der Waals surface area contributed by atoms with Crippen LogP contribution in [0.3, 0.4) is 0 Å². The number of nitrogens with zero attached hydrogens (tertiary/aromatic N) is 4.